The lowest BCUT2D eigenvalue weighted by Gasteiger charge is -2.24. The third-order valence-electron chi connectivity index (χ3n) is 3.17. The molecule has 0 bridgehead atoms. The fraction of sp³-hybridized carbons (Fsp3) is 1.00. The van der Waals surface area contributed by atoms with Crippen LogP contribution in [0.5, 0.6) is 0 Å². The van der Waals surface area contributed by atoms with E-state index in [1.54, 1.807) is 0 Å². The lowest BCUT2D eigenvalue weighted by Crippen LogP contribution is -2.39. The second-order valence-electron chi connectivity index (χ2n) is 5.36. The molecule has 0 spiro atoms. The molecule has 0 aromatic heterocycles. The predicted molar refractivity (Wildman–Crippen MR) is 67.1 cm³/mol. The zero-order valence-corrected chi connectivity index (χ0v) is 10.3. The highest BCUT2D eigenvalue weighted by Gasteiger charge is 2.22. The molecule has 0 heterocycles. The number of hydrogen-bond acceptors (Lipinski definition) is 4. The highest BCUT2D eigenvalue weighted by atomic mass is 16.4. The van der Waals surface area contributed by atoms with Crippen LogP contribution in [0, 0.1) is 0 Å². The normalized spacial score (nSPS) is 19.5. The highest BCUT2D eigenvalue weighted by molar-refractivity contribution is 6.40. The van der Waals surface area contributed by atoms with Crippen molar-refractivity contribution in [3.8, 4) is 0 Å². The Morgan fingerprint density at radius 1 is 1.31 bits per heavy atom. The van der Waals surface area contributed by atoms with Crippen molar-refractivity contribution in [1.29, 1.82) is 0 Å². The second kappa shape index (κ2) is 6.59. The Morgan fingerprint density at radius 3 is 2.56 bits per heavy atom. The Bertz CT molecular complexity index is 196. The van der Waals surface area contributed by atoms with Crippen molar-refractivity contribution < 1.29 is 10.0 Å². The molecule has 0 aliphatic heterocycles. The van der Waals surface area contributed by atoms with Gasteiger partial charge < -0.3 is 21.1 Å². The van der Waals surface area contributed by atoms with Gasteiger partial charge in [-0.1, -0.05) is 12.8 Å². The first-order chi connectivity index (χ1) is 7.49. The van der Waals surface area contributed by atoms with Crippen LogP contribution >= 0.6 is 0 Å². The minimum Gasteiger partial charge on any atom is -0.427 e. The van der Waals surface area contributed by atoms with Crippen LogP contribution in [0.2, 0.25) is 6.32 Å². The Morgan fingerprint density at radius 2 is 2.00 bits per heavy atom. The summed E-state index contributed by atoms with van der Waals surface area (Å²) in [5.74, 6) is 0. The first-order valence-corrected chi connectivity index (χ1v) is 6.38. The van der Waals surface area contributed by atoms with Gasteiger partial charge in [-0.3, -0.25) is 0 Å². The fourth-order valence-corrected chi connectivity index (χ4v) is 1.83. The molecule has 1 fully saturated rings. The van der Waals surface area contributed by atoms with E-state index in [0.29, 0.717) is 6.32 Å². The van der Waals surface area contributed by atoms with E-state index in [0.717, 1.165) is 38.3 Å². The van der Waals surface area contributed by atoms with Gasteiger partial charge in [0, 0.05) is 11.6 Å². The zero-order chi connectivity index (χ0) is 12.0. The minimum atomic E-state index is -1.17. The lowest BCUT2D eigenvalue weighted by molar-refractivity contribution is 0.368. The van der Waals surface area contributed by atoms with Gasteiger partial charge in [0.05, 0.1) is 0 Å². The number of unbranched alkanes of at least 4 members (excludes halogenated alkanes) is 1. The topological polar surface area (TPSA) is 78.5 Å². The van der Waals surface area contributed by atoms with Gasteiger partial charge in [0.1, 0.15) is 0 Å². The van der Waals surface area contributed by atoms with Crippen LogP contribution in [-0.2, 0) is 0 Å². The average molecular weight is 228 g/mol. The Hall–Kier alpha value is -0.0951. The third kappa shape index (κ3) is 7.22. The van der Waals surface area contributed by atoms with E-state index in [9.17, 15) is 0 Å². The number of nitrogens with one attached hydrogen (secondary N) is 1. The summed E-state index contributed by atoms with van der Waals surface area (Å²) >= 11 is 0. The summed E-state index contributed by atoms with van der Waals surface area (Å²) < 4.78 is 0. The molecule has 1 aliphatic carbocycles. The van der Waals surface area contributed by atoms with E-state index in [-0.39, 0.29) is 5.54 Å². The summed E-state index contributed by atoms with van der Waals surface area (Å²) in [6.07, 6.45) is 6.83. The molecule has 0 aromatic carbocycles. The van der Waals surface area contributed by atoms with E-state index in [4.69, 9.17) is 15.8 Å². The molecule has 0 amide bonds. The van der Waals surface area contributed by atoms with Gasteiger partial charge in [-0.2, -0.15) is 0 Å². The van der Waals surface area contributed by atoms with E-state index >= 15 is 0 Å². The van der Waals surface area contributed by atoms with Crippen LogP contribution in [0.25, 0.3) is 0 Å². The van der Waals surface area contributed by atoms with Crippen molar-refractivity contribution in [1.82, 2.24) is 5.32 Å². The van der Waals surface area contributed by atoms with Crippen LogP contribution in [0.3, 0.4) is 0 Å². The largest absolute Gasteiger partial charge is 0.451 e. The van der Waals surface area contributed by atoms with Crippen LogP contribution < -0.4 is 11.1 Å². The molecular formula is C11H25BN2O2. The molecule has 1 saturated carbocycles. The smallest absolute Gasteiger partial charge is 0.427 e. The molecule has 1 aliphatic rings. The molecule has 0 aromatic rings. The van der Waals surface area contributed by atoms with Gasteiger partial charge in [-0.15, -0.1) is 0 Å². The summed E-state index contributed by atoms with van der Waals surface area (Å²) in [6.45, 7) is 3.08. The van der Waals surface area contributed by atoms with Gasteiger partial charge in [0.2, 0.25) is 0 Å². The van der Waals surface area contributed by atoms with Gasteiger partial charge in [-0.05, 0) is 45.5 Å². The molecule has 1 rings (SSSR count). The fourth-order valence-electron chi connectivity index (χ4n) is 1.83. The quantitative estimate of drug-likeness (QED) is 0.342. The van der Waals surface area contributed by atoms with Crippen molar-refractivity contribution in [3.63, 3.8) is 0 Å². The Balaban J connectivity index is 1.98. The van der Waals surface area contributed by atoms with Gasteiger partial charge in [0.15, 0.2) is 0 Å². The van der Waals surface area contributed by atoms with Crippen LogP contribution in [-0.4, -0.2) is 35.3 Å². The molecule has 0 saturated heterocycles. The molecule has 94 valence electrons. The molecule has 5 N–H and O–H groups in total. The van der Waals surface area contributed by atoms with E-state index in [2.05, 4.69) is 12.2 Å². The van der Waals surface area contributed by atoms with Crippen molar-refractivity contribution in [2.75, 3.05) is 6.54 Å². The molecule has 1 atom stereocenters. The second-order valence-corrected chi connectivity index (χ2v) is 5.36. The molecular weight excluding hydrogens is 203 g/mol. The number of rotatable bonds is 9. The molecule has 16 heavy (non-hydrogen) atoms. The monoisotopic (exact) mass is 228 g/mol. The van der Waals surface area contributed by atoms with Gasteiger partial charge in [-0.25, -0.2) is 0 Å². The highest BCUT2D eigenvalue weighted by Crippen LogP contribution is 2.20. The maximum absolute atomic E-state index is 8.71. The molecule has 5 heteroatoms. The lowest BCUT2D eigenvalue weighted by atomic mass is 9.82. The maximum Gasteiger partial charge on any atom is 0.451 e. The van der Waals surface area contributed by atoms with Crippen LogP contribution in [0.4, 0.5) is 0 Å². The third-order valence-corrected chi connectivity index (χ3v) is 3.17. The minimum absolute atomic E-state index is 0.123. The number of nitrogens with two attached hydrogens (primary N) is 1. The number of hydrogen-bond donors (Lipinski definition) is 4. The van der Waals surface area contributed by atoms with E-state index in [1.807, 2.05) is 0 Å². The summed E-state index contributed by atoms with van der Waals surface area (Å²) in [5.41, 5.74) is 6.05. The van der Waals surface area contributed by atoms with E-state index in [1.165, 1.54) is 12.8 Å². The predicted octanol–water partition coefficient (Wildman–Crippen LogP) is 0.489. The molecule has 0 radical (unpaired) electrons. The molecule has 1 unspecified atom stereocenters. The maximum atomic E-state index is 8.71. The van der Waals surface area contributed by atoms with E-state index < -0.39 is 7.12 Å². The zero-order valence-electron chi connectivity index (χ0n) is 10.3. The van der Waals surface area contributed by atoms with Crippen molar-refractivity contribution in [2.24, 2.45) is 5.73 Å². The van der Waals surface area contributed by atoms with Crippen molar-refractivity contribution >= 4 is 7.12 Å². The summed E-state index contributed by atoms with van der Waals surface area (Å²) in [5, 5.41) is 20.9. The summed E-state index contributed by atoms with van der Waals surface area (Å²) in [6, 6.07) is 0.750. The van der Waals surface area contributed by atoms with Crippen molar-refractivity contribution in [2.45, 2.75) is 63.3 Å². The van der Waals surface area contributed by atoms with Crippen molar-refractivity contribution in [3.05, 3.63) is 0 Å². The Kier molecular flexibility index (Phi) is 5.76. The summed E-state index contributed by atoms with van der Waals surface area (Å²) in [7, 11) is -1.17. The van der Waals surface area contributed by atoms with Crippen LogP contribution in [0.1, 0.15) is 45.4 Å². The first kappa shape index (κ1) is 14.0. The van der Waals surface area contributed by atoms with Crippen LogP contribution in [0.15, 0.2) is 0 Å². The average Bonchev–Trinajstić information content (AvgIpc) is 2.96. The van der Waals surface area contributed by atoms with Gasteiger partial charge in [0.25, 0.3) is 0 Å². The van der Waals surface area contributed by atoms with Gasteiger partial charge >= 0.3 is 7.12 Å². The SMILES string of the molecule is CC(N)(CCCCB(O)O)CCNC1CC1. The standard InChI is InChI=1S/C11H25BN2O2/c1-11(13,6-2-3-8-12(15)16)7-9-14-10-4-5-10/h10,14-16H,2-9,13H2,1H3. The molecule has 4 nitrogen and oxygen atoms in total. The summed E-state index contributed by atoms with van der Waals surface area (Å²) in [4.78, 5) is 0. The Labute approximate surface area is 98.8 Å². The first-order valence-electron chi connectivity index (χ1n) is 6.38.